The Morgan fingerprint density at radius 2 is 1.84 bits per heavy atom. The second-order valence-corrected chi connectivity index (χ2v) is 7.73. The smallest absolute Gasteiger partial charge is 0.379 e. The fourth-order valence-electron chi connectivity index (χ4n) is 3.12. The van der Waals surface area contributed by atoms with E-state index in [1.54, 1.807) is 18.2 Å². The summed E-state index contributed by atoms with van der Waals surface area (Å²) in [4.78, 5) is 19.3. The molecule has 10 heteroatoms. The number of aliphatic imine (C=N–C) groups is 1. The maximum atomic E-state index is 12.8. The number of carbonyl (C=O) groups excluding carboxylic acids is 1. The number of hydrogen-bond donors (Lipinski definition) is 2. The molecule has 1 heterocycles. The number of amides is 1. The summed E-state index contributed by atoms with van der Waals surface area (Å²) in [7, 11) is 0. The van der Waals surface area contributed by atoms with Crippen LogP contribution in [0.15, 0.2) is 47.5 Å². The molecule has 6 nitrogen and oxygen atoms in total. The Morgan fingerprint density at radius 1 is 1.16 bits per heavy atom. The van der Waals surface area contributed by atoms with E-state index >= 15 is 0 Å². The van der Waals surface area contributed by atoms with Crippen LogP contribution in [0.5, 0.6) is 0 Å². The van der Waals surface area contributed by atoms with Crippen LogP contribution in [0.1, 0.15) is 21.5 Å². The van der Waals surface area contributed by atoms with Gasteiger partial charge >= 0.3 is 6.18 Å². The van der Waals surface area contributed by atoms with Crippen molar-refractivity contribution in [3.63, 3.8) is 0 Å². The molecule has 0 spiro atoms. The average Bonchev–Trinajstić information content (AvgIpc) is 2.76. The molecule has 1 saturated heterocycles. The van der Waals surface area contributed by atoms with Crippen molar-refractivity contribution in [3.8, 4) is 0 Å². The van der Waals surface area contributed by atoms with E-state index in [1.807, 2.05) is 6.92 Å². The van der Waals surface area contributed by atoms with Crippen LogP contribution in [0.25, 0.3) is 0 Å². The lowest BCUT2D eigenvalue weighted by Gasteiger charge is -2.25. The highest BCUT2D eigenvalue weighted by atomic mass is 35.5. The van der Waals surface area contributed by atoms with Crippen LogP contribution < -0.4 is 10.6 Å². The van der Waals surface area contributed by atoms with Gasteiger partial charge < -0.3 is 10.1 Å². The summed E-state index contributed by atoms with van der Waals surface area (Å²) >= 11 is 6.01. The fraction of sp³-hybridized carbons (Fsp3) is 0.364. The van der Waals surface area contributed by atoms with Gasteiger partial charge in [-0.1, -0.05) is 11.6 Å². The summed E-state index contributed by atoms with van der Waals surface area (Å²) in [5, 5.41) is 6.32. The lowest BCUT2D eigenvalue weighted by Crippen LogP contribution is -2.39. The van der Waals surface area contributed by atoms with Crippen molar-refractivity contribution < 1.29 is 22.7 Å². The van der Waals surface area contributed by atoms with Gasteiger partial charge in [-0.05, 0) is 55.0 Å². The summed E-state index contributed by atoms with van der Waals surface area (Å²) < 4.78 is 43.7. The van der Waals surface area contributed by atoms with E-state index in [0.29, 0.717) is 37.0 Å². The molecule has 3 rings (SSSR count). The molecule has 0 radical (unpaired) electrons. The SMILES string of the molecule is Cc1cc(Cl)ccc1NC(=NCCN1CCOCC1)NC(=O)c1ccc(C(F)(F)F)cc1. The summed E-state index contributed by atoms with van der Waals surface area (Å²) in [5.41, 5.74) is 0.825. The van der Waals surface area contributed by atoms with Gasteiger partial charge in [0.15, 0.2) is 0 Å². The number of guanidine groups is 1. The number of nitrogens with one attached hydrogen (secondary N) is 2. The van der Waals surface area contributed by atoms with E-state index < -0.39 is 17.6 Å². The standard InChI is InChI=1S/C22H24ClF3N4O2/c1-15-14-18(23)6-7-19(15)28-21(27-8-9-30-10-12-32-13-11-30)29-20(31)16-2-4-17(5-3-16)22(24,25)26/h2-7,14H,8-13H2,1H3,(H2,27,28,29,31). The van der Waals surface area contributed by atoms with Gasteiger partial charge in [-0.2, -0.15) is 13.2 Å². The average molecular weight is 469 g/mol. The number of anilines is 1. The van der Waals surface area contributed by atoms with E-state index in [4.69, 9.17) is 16.3 Å². The minimum atomic E-state index is -4.46. The second-order valence-electron chi connectivity index (χ2n) is 7.30. The van der Waals surface area contributed by atoms with Gasteiger partial charge in [-0.3, -0.25) is 20.0 Å². The Kier molecular flexibility index (Phi) is 8.11. The zero-order valence-corrected chi connectivity index (χ0v) is 18.3. The summed E-state index contributed by atoms with van der Waals surface area (Å²) in [5.74, 6) is -0.364. The molecule has 1 amide bonds. The van der Waals surface area contributed by atoms with E-state index in [2.05, 4.69) is 20.5 Å². The number of alkyl halides is 3. The molecule has 172 valence electrons. The zero-order chi connectivity index (χ0) is 23.1. The van der Waals surface area contributed by atoms with Crippen molar-refractivity contribution in [1.82, 2.24) is 10.2 Å². The minimum absolute atomic E-state index is 0.0912. The molecule has 32 heavy (non-hydrogen) atoms. The lowest BCUT2D eigenvalue weighted by atomic mass is 10.1. The first-order valence-electron chi connectivity index (χ1n) is 10.1. The molecule has 2 N–H and O–H groups in total. The number of morpholine rings is 1. The number of halogens is 4. The monoisotopic (exact) mass is 468 g/mol. The molecule has 1 aliphatic rings. The van der Waals surface area contributed by atoms with Gasteiger partial charge in [0.1, 0.15) is 0 Å². The molecule has 0 bridgehead atoms. The number of ether oxygens (including phenoxy) is 1. The Hall–Kier alpha value is -2.62. The van der Waals surface area contributed by atoms with Gasteiger partial charge in [-0.15, -0.1) is 0 Å². The minimum Gasteiger partial charge on any atom is -0.379 e. The first kappa shape index (κ1) is 24.0. The van der Waals surface area contributed by atoms with Gasteiger partial charge in [0.25, 0.3) is 5.91 Å². The van der Waals surface area contributed by atoms with Gasteiger partial charge in [0.2, 0.25) is 5.96 Å². The maximum Gasteiger partial charge on any atom is 0.416 e. The van der Waals surface area contributed by atoms with E-state index in [1.165, 1.54) is 0 Å². The maximum absolute atomic E-state index is 12.8. The van der Waals surface area contributed by atoms with Crippen molar-refractivity contribution in [3.05, 3.63) is 64.2 Å². The van der Waals surface area contributed by atoms with E-state index in [-0.39, 0.29) is 11.5 Å². The molecule has 0 saturated carbocycles. The van der Waals surface area contributed by atoms with Gasteiger partial charge in [0.05, 0.1) is 25.3 Å². The van der Waals surface area contributed by atoms with Crippen LogP contribution in [0.4, 0.5) is 18.9 Å². The predicted molar refractivity (Wildman–Crippen MR) is 118 cm³/mol. The normalized spacial score (nSPS) is 15.5. The molecular weight excluding hydrogens is 445 g/mol. The molecule has 2 aromatic carbocycles. The topological polar surface area (TPSA) is 66.0 Å². The number of nitrogens with zero attached hydrogens (tertiary/aromatic N) is 2. The number of rotatable bonds is 5. The Morgan fingerprint density at radius 3 is 2.47 bits per heavy atom. The molecule has 1 aliphatic heterocycles. The molecular formula is C22H24ClF3N4O2. The van der Waals surface area contributed by atoms with Crippen molar-refractivity contribution in [1.29, 1.82) is 0 Å². The van der Waals surface area contributed by atoms with Crippen LogP contribution >= 0.6 is 11.6 Å². The van der Waals surface area contributed by atoms with Crippen LogP contribution in [0, 0.1) is 6.92 Å². The summed E-state index contributed by atoms with van der Waals surface area (Å²) in [6, 6.07) is 9.27. The first-order chi connectivity index (χ1) is 15.2. The van der Waals surface area contributed by atoms with Crippen molar-refractivity contribution in [2.24, 2.45) is 4.99 Å². The first-order valence-corrected chi connectivity index (χ1v) is 10.5. The molecule has 0 unspecified atom stereocenters. The van der Waals surface area contributed by atoms with Crippen LogP contribution in [-0.2, 0) is 10.9 Å². The summed E-state index contributed by atoms with van der Waals surface area (Å²) in [6.07, 6.45) is -4.46. The lowest BCUT2D eigenvalue weighted by molar-refractivity contribution is -0.137. The van der Waals surface area contributed by atoms with Crippen molar-refractivity contribution >= 4 is 29.2 Å². The zero-order valence-electron chi connectivity index (χ0n) is 17.5. The van der Waals surface area contributed by atoms with Gasteiger partial charge in [-0.25, -0.2) is 0 Å². The number of hydrogen-bond acceptors (Lipinski definition) is 4. The number of benzene rings is 2. The summed E-state index contributed by atoms with van der Waals surface area (Å²) in [6.45, 7) is 5.93. The second kappa shape index (κ2) is 10.8. The Bertz CT molecular complexity index is 959. The fourth-order valence-corrected chi connectivity index (χ4v) is 3.35. The molecule has 0 atom stereocenters. The van der Waals surface area contributed by atoms with Crippen LogP contribution in [0.2, 0.25) is 5.02 Å². The van der Waals surface area contributed by atoms with Crippen LogP contribution in [0.3, 0.4) is 0 Å². The molecule has 0 aromatic heterocycles. The molecule has 0 aliphatic carbocycles. The van der Waals surface area contributed by atoms with Gasteiger partial charge in [0, 0.05) is 35.9 Å². The van der Waals surface area contributed by atoms with Crippen LogP contribution in [-0.4, -0.2) is 56.2 Å². The third kappa shape index (κ3) is 6.94. The molecule has 2 aromatic rings. The van der Waals surface area contributed by atoms with Crippen molar-refractivity contribution in [2.75, 3.05) is 44.7 Å². The Balaban J connectivity index is 1.72. The number of aryl methyl sites for hydroxylation is 1. The highest BCUT2D eigenvalue weighted by Gasteiger charge is 2.30. The molecule has 1 fully saturated rings. The third-order valence-corrected chi connectivity index (χ3v) is 5.17. The Labute approximate surface area is 189 Å². The predicted octanol–water partition coefficient (Wildman–Crippen LogP) is 4.20. The van der Waals surface area contributed by atoms with Crippen molar-refractivity contribution in [2.45, 2.75) is 13.1 Å². The number of carbonyl (C=O) groups is 1. The van der Waals surface area contributed by atoms with E-state index in [9.17, 15) is 18.0 Å². The third-order valence-electron chi connectivity index (χ3n) is 4.94. The van der Waals surface area contributed by atoms with E-state index in [0.717, 1.165) is 42.9 Å². The largest absolute Gasteiger partial charge is 0.416 e. The quantitative estimate of drug-likeness (QED) is 0.510. The highest BCUT2D eigenvalue weighted by Crippen LogP contribution is 2.29. The highest BCUT2D eigenvalue weighted by molar-refractivity contribution is 6.30.